The molecule has 0 aliphatic rings. The molecule has 0 fully saturated rings. The summed E-state index contributed by atoms with van der Waals surface area (Å²) in [5.41, 5.74) is 3.62. The molecule has 8 nitrogen and oxygen atoms in total. The molecule has 162 valence electrons. The third kappa shape index (κ3) is 6.88. The molecule has 3 aromatic rings. The van der Waals surface area contributed by atoms with E-state index in [1.807, 2.05) is 49.4 Å². The summed E-state index contributed by atoms with van der Waals surface area (Å²) in [5, 5.41) is 9.12. The molecule has 0 aliphatic carbocycles. The third-order valence-corrected chi connectivity index (χ3v) is 4.33. The van der Waals surface area contributed by atoms with Crippen molar-refractivity contribution in [3.05, 3.63) is 66.1 Å². The largest absolute Gasteiger partial charge is 0.492 e. The molecule has 0 unspecified atom stereocenters. The Bertz CT molecular complexity index is 1030. The lowest BCUT2D eigenvalue weighted by Gasteiger charge is -2.12. The van der Waals surface area contributed by atoms with Gasteiger partial charge in [0.1, 0.15) is 18.6 Å². The average molecular weight is 422 g/mol. The summed E-state index contributed by atoms with van der Waals surface area (Å²) in [6.07, 6.45) is 1.64. The molecule has 0 radical (unpaired) electrons. The third-order valence-electron chi connectivity index (χ3n) is 4.33. The van der Waals surface area contributed by atoms with Crippen molar-refractivity contribution in [2.24, 2.45) is 4.99 Å². The van der Waals surface area contributed by atoms with Gasteiger partial charge in [-0.05, 0) is 31.2 Å². The lowest BCUT2D eigenvalue weighted by Crippen LogP contribution is -2.38. The Kier molecular flexibility index (Phi) is 7.64. The Morgan fingerprint density at radius 3 is 2.71 bits per heavy atom. The Labute approximate surface area is 181 Å². The molecule has 2 aromatic carbocycles. The van der Waals surface area contributed by atoms with E-state index in [2.05, 4.69) is 25.9 Å². The number of carbonyl (C=O) groups excluding carboxylic acids is 1. The number of amides is 1. The van der Waals surface area contributed by atoms with Crippen LogP contribution in [0.2, 0.25) is 0 Å². The predicted octanol–water partition coefficient (Wildman–Crippen LogP) is 3.35. The van der Waals surface area contributed by atoms with Crippen LogP contribution in [0.25, 0.3) is 11.5 Å². The number of hydrogen-bond acceptors (Lipinski definition) is 5. The van der Waals surface area contributed by atoms with E-state index in [9.17, 15) is 4.79 Å². The second-order valence-electron chi connectivity index (χ2n) is 6.92. The van der Waals surface area contributed by atoms with Gasteiger partial charge >= 0.3 is 0 Å². The van der Waals surface area contributed by atoms with Crippen LogP contribution in [0.3, 0.4) is 0 Å². The number of anilines is 1. The molecule has 0 atom stereocenters. The summed E-state index contributed by atoms with van der Waals surface area (Å²) in [4.78, 5) is 19.9. The maximum absolute atomic E-state index is 11.2. The van der Waals surface area contributed by atoms with Gasteiger partial charge in [-0.1, -0.05) is 23.8 Å². The topological polar surface area (TPSA) is 101 Å². The second kappa shape index (κ2) is 10.8. The highest BCUT2D eigenvalue weighted by Crippen LogP contribution is 2.19. The van der Waals surface area contributed by atoms with E-state index >= 15 is 0 Å². The van der Waals surface area contributed by atoms with E-state index in [0.717, 1.165) is 11.3 Å². The number of aliphatic imine (C=N–C) groups is 1. The number of nitrogens with zero attached hydrogens (tertiary/aromatic N) is 2. The van der Waals surface area contributed by atoms with Crippen LogP contribution in [0, 0.1) is 6.92 Å². The van der Waals surface area contributed by atoms with Gasteiger partial charge in [0.05, 0.1) is 18.8 Å². The number of nitrogens with one attached hydrogen (secondary N) is 3. The van der Waals surface area contributed by atoms with Crippen molar-refractivity contribution in [2.75, 3.05) is 25.5 Å². The van der Waals surface area contributed by atoms with Crippen molar-refractivity contribution in [3.63, 3.8) is 0 Å². The summed E-state index contributed by atoms with van der Waals surface area (Å²) in [6.45, 7) is 4.98. The summed E-state index contributed by atoms with van der Waals surface area (Å²) < 4.78 is 11.3. The van der Waals surface area contributed by atoms with Gasteiger partial charge < -0.3 is 25.1 Å². The highest BCUT2D eigenvalue weighted by molar-refractivity contribution is 5.88. The van der Waals surface area contributed by atoms with E-state index in [4.69, 9.17) is 9.15 Å². The summed E-state index contributed by atoms with van der Waals surface area (Å²) >= 11 is 0. The molecule has 31 heavy (non-hydrogen) atoms. The molecule has 1 heterocycles. The van der Waals surface area contributed by atoms with Crippen LogP contribution in [-0.4, -0.2) is 37.1 Å². The standard InChI is InChI=1S/C23H27N5O3/c1-16-7-9-18(10-8-16)22-28-20(15-31-22)14-26-23(24-3)25-11-12-30-21-6-4-5-19(13-21)27-17(2)29/h4-10,13,15H,11-12,14H2,1-3H3,(H,27,29)(H2,24,25,26). The Balaban J connectivity index is 1.42. The molecule has 3 rings (SSSR count). The van der Waals surface area contributed by atoms with E-state index < -0.39 is 0 Å². The molecule has 3 N–H and O–H groups in total. The molecule has 1 aromatic heterocycles. The minimum absolute atomic E-state index is 0.119. The van der Waals surface area contributed by atoms with Crippen LogP contribution < -0.4 is 20.7 Å². The fourth-order valence-corrected chi connectivity index (χ4v) is 2.82. The number of aryl methyl sites for hydroxylation is 1. The quantitative estimate of drug-likeness (QED) is 0.293. The fraction of sp³-hybridized carbons (Fsp3) is 0.261. The van der Waals surface area contributed by atoms with E-state index in [1.165, 1.54) is 12.5 Å². The number of guanidine groups is 1. The number of ether oxygens (including phenoxy) is 1. The Morgan fingerprint density at radius 2 is 1.97 bits per heavy atom. The lowest BCUT2D eigenvalue weighted by atomic mass is 10.1. The zero-order valence-electron chi connectivity index (χ0n) is 17.9. The zero-order chi connectivity index (χ0) is 22.1. The van der Waals surface area contributed by atoms with Gasteiger partial charge in [-0.3, -0.25) is 9.79 Å². The first-order valence-electron chi connectivity index (χ1n) is 10.00. The molecule has 0 bridgehead atoms. The van der Waals surface area contributed by atoms with Crippen LogP contribution in [0.15, 0.2) is 64.2 Å². The fourth-order valence-electron chi connectivity index (χ4n) is 2.82. The number of benzene rings is 2. The van der Waals surface area contributed by atoms with Crippen molar-refractivity contribution in [1.29, 1.82) is 0 Å². The normalized spacial score (nSPS) is 11.1. The number of carbonyl (C=O) groups is 1. The number of hydrogen-bond donors (Lipinski definition) is 3. The molecule has 1 amide bonds. The maximum Gasteiger partial charge on any atom is 0.226 e. The second-order valence-corrected chi connectivity index (χ2v) is 6.92. The minimum Gasteiger partial charge on any atom is -0.492 e. The van der Waals surface area contributed by atoms with E-state index in [0.29, 0.717) is 43.0 Å². The van der Waals surface area contributed by atoms with Crippen LogP contribution in [0.5, 0.6) is 5.75 Å². The number of oxazole rings is 1. The van der Waals surface area contributed by atoms with Crippen molar-refractivity contribution in [1.82, 2.24) is 15.6 Å². The lowest BCUT2D eigenvalue weighted by molar-refractivity contribution is -0.114. The van der Waals surface area contributed by atoms with Gasteiger partial charge in [-0.2, -0.15) is 0 Å². The molecular weight excluding hydrogens is 394 g/mol. The number of rotatable bonds is 8. The highest BCUT2D eigenvalue weighted by atomic mass is 16.5. The first kappa shape index (κ1) is 21.9. The van der Waals surface area contributed by atoms with Gasteiger partial charge in [0.15, 0.2) is 5.96 Å². The van der Waals surface area contributed by atoms with Gasteiger partial charge in [-0.15, -0.1) is 0 Å². The monoisotopic (exact) mass is 421 g/mol. The molecule has 8 heteroatoms. The molecule has 0 saturated heterocycles. The maximum atomic E-state index is 11.2. The molecule has 0 spiro atoms. The average Bonchev–Trinajstić information content (AvgIpc) is 3.22. The Hall–Kier alpha value is -3.81. The summed E-state index contributed by atoms with van der Waals surface area (Å²) in [5.74, 6) is 1.79. The van der Waals surface area contributed by atoms with Crippen molar-refractivity contribution in [2.45, 2.75) is 20.4 Å². The molecule has 0 aliphatic heterocycles. The van der Waals surface area contributed by atoms with E-state index in [1.54, 1.807) is 19.4 Å². The van der Waals surface area contributed by atoms with Crippen molar-refractivity contribution in [3.8, 4) is 17.2 Å². The van der Waals surface area contributed by atoms with Gasteiger partial charge in [-0.25, -0.2) is 4.98 Å². The smallest absolute Gasteiger partial charge is 0.226 e. The SMILES string of the molecule is CN=C(NCCOc1cccc(NC(C)=O)c1)NCc1coc(-c2ccc(C)cc2)n1. The van der Waals surface area contributed by atoms with Gasteiger partial charge in [0.25, 0.3) is 0 Å². The zero-order valence-corrected chi connectivity index (χ0v) is 17.9. The number of aromatic nitrogens is 1. The molecular formula is C23H27N5O3. The van der Waals surface area contributed by atoms with Gasteiger partial charge in [0, 0.05) is 31.3 Å². The first-order chi connectivity index (χ1) is 15.0. The summed E-state index contributed by atoms with van der Waals surface area (Å²) in [7, 11) is 1.70. The highest BCUT2D eigenvalue weighted by Gasteiger charge is 2.07. The van der Waals surface area contributed by atoms with Crippen LogP contribution >= 0.6 is 0 Å². The van der Waals surface area contributed by atoms with Crippen LogP contribution in [0.1, 0.15) is 18.2 Å². The minimum atomic E-state index is -0.119. The van der Waals surface area contributed by atoms with Crippen LogP contribution in [0.4, 0.5) is 5.69 Å². The molecule has 0 saturated carbocycles. The van der Waals surface area contributed by atoms with E-state index in [-0.39, 0.29) is 5.91 Å². The predicted molar refractivity (Wildman–Crippen MR) is 121 cm³/mol. The first-order valence-corrected chi connectivity index (χ1v) is 10.00. The Morgan fingerprint density at radius 1 is 1.16 bits per heavy atom. The van der Waals surface area contributed by atoms with Gasteiger partial charge in [0.2, 0.25) is 11.8 Å². The van der Waals surface area contributed by atoms with Crippen LogP contribution in [-0.2, 0) is 11.3 Å². The summed E-state index contributed by atoms with van der Waals surface area (Å²) in [6, 6.07) is 15.3. The van der Waals surface area contributed by atoms with Crippen molar-refractivity contribution >= 4 is 17.6 Å². The van der Waals surface area contributed by atoms with Crippen molar-refractivity contribution < 1.29 is 13.9 Å².